The van der Waals surface area contributed by atoms with Gasteiger partial charge in [0.15, 0.2) is 9.84 Å². The average molecular weight is 303 g/mol. The van der Waals surface area contributed by atoms with Crippen LogP contribution in [-0.2, 0) is 9.84 Å². The van der Waals surface area contributed by atoms with E-state index >= 15 is 0 Å². The van der Waals surface area contributed by atoms with Crippen molar-refractivity contribution in [2.24, 2.45) is 0 Å². The molecule has 0 spiro atoms. The molecule has 0 radical (unpaired) electrons. The number of sulfone groups is 1. The Hall–Kier alpha value is -0.880. The van der Waals surface area contributed by atoms with Crippen LogP contribution in [-0.4, -0.2) is 43.8 Å². The molecule has 0 fully saturated rings. The molecule has 0 aromatic carbocycles. The van der Waals surface area contributed by atoms with E-state index in [2.05, 4.69) is 0 Å². The van der Waals surface area contributed by atoms with Crippen molar-refractivity contribution in [1.29, 1.82) is 0 Å². The lowest BCUT2D eigenvalue weighted by molar-refractivity contribution is 0.0747. The smallest absolute Gasteiger partial charge is 0.263 e. The molecule has 0 N–H and O–H groups in total. The highest BCUT2D eigenvalue weighted by molar-refractivity contribution is 7.91. The van der Waals surface area contributed by atoms with Crippen LogP contribution in [0.3, 0.4) is 0 Å². The van der Waals surface area contributed by atoms with E-state index in [4.69, 9.17) is 0 Å². The molecule has 1 rings (SSSR count). The Morgan fingerprint density at radius 2 is 1.84 bits per heavy atom. The molecule has 2 unspecified atom stereocenters. The first kappa shape index (κ1) is 16.2. The number of hydrogen-bond acceptors (Lipinski definition) is 4. The van der Waals surface area contributed by atoms with Gasteiger partial charge in [-0.15, -0.1) is 11.3 Å². The maximum atomic E-state index is 12.3. The first-order chi connectivity index (χ1) is 8.55. The summed E-state index contributed by atoms with van der Waals surface area (Å²) in [5, 5.41) is -0.580. The molecule has 1 amide bonds. The van der Waals surface area contributed by atoms with E-state index in [1.165, 1.54) is 22.5 Å². The summed E-state index contributed by atoms with van der Waals surface area (Å²) in [6.45, 7) is 7.33. The lowest BCUT2D eigenvalue weighted by atomic mass is 10.2. The van der Waals surface area contributed by atoms with E-state index in [0.717, 1.165) is 10.4 Å². The van der Waals surface area contributed by atoms with Crippen LogP contribution in [0.15, 0.2) is 6.07 Å². The van der Waals surface area contributed by atoms with E-state index in [9.17, 15) is 13.2 Å². The molecule has 1 aromatic rings. The quantitative estimate of drug-likeness (QED) is 0.857. The molecular weight excluding hydrogens is 282 g/mol. The van der Waals surface area contributed by atoms with Gasteiger partial charge in [0.05, 0.1) is 10.1 Å². The minimum absolute atomic E-state index is 0.121. The molecule has 0 aliphatic carbocycles. The summed E-state index contributed by atoms with van der Waals surface area (Å²) in [6, 6.07) is 1.50. The number of aryl methyl sites for hydroxylation is 2. The van der Waals surface area contributed by atoms with Gasteiger partial charge in [0, 0.05) is 24.2 Å². The third-order valence-electron chi connectivity index (χ3n) is 3.66. The molecule has 0 bridgehead atoms. The van der Waals surface area contributed by atoms with Crippen LogP contribution in [0.2, 0.25) is 0 Å². The van der Waals surface area contributed by atoms with E-state index in [1.54, 1.807) is 20.9 Å². The maximum Gasteiger partial charge on any atom is 0.263 e. The fourth-order valence-electron chi connectivity index (χ4n) is 1.71. The molecule has 0 aliphatic heterocycles. The third kappa shape index (κ3) is 3.57. The minimum atomic E-state index is -3.16. The Morgan fingerprint density at radius 3 is 2.21 bits per heavy atom. The zero-order valence-corrected chi connectivity index (χ0v) is 13.9. The van der Waals surface area contributed by atoms with Crippen LogP contribution in [0.5, 0.6) is 0 Å². The monoisotopic (exact) mass is 303 g/mol. The van der Waals surface area contributed by atoms with Crippen molar-refractivity contribution >= 4 is 27.1 Å². The molecule has 0 aliphatic rings. The minimum Gasteiger partial charge on any atom is -0.337 e. The highest BCUT2D eigenvalue weighted by Gasteiger charge is 2.29. The lowest BCUT2D eigenvalue weighted by Crippen LogP contribution is -2.44. The summed E-state index contributed by atoms with van der Waals surface area (Å²) < 4.78 is 23.1. The molecule has 4 nitrogen and oxygen atoms in total. The molecule has 2 atom stereocenters. The molecule has 19 heavy (non-hydrogen) atoms. The van der Waals surface area contributed by atoms with Crippen molar-refractivity contribution in [3.63, 3.8) is 0 Å². The van der Waals surface area contributed by atoms with Crippen molar-refractivity contribution in [3.05, 3.63) is 21.4 Å². The first-order valence-electron chi connectivity index (χ1n) is 6.08. The van der Waals surface area contributed by atoms with E-state index in [1.807, 2.05) is 19.9 Å². The van der Waals surface area contributed by atoms with Gasteiger partial charge in [-0.2, -0.15) is 0 Å². The van der Waals surface area contributed by atoms with Crippen molar-refractivity contribution in [2.75, 3.05) is 13.3 Å². The van der Waals surface area contributed by atoms with Gasteiger partial charge < -0.3 is 4.90 Å². The van der Waals surface area contributed by atoms with Gasteiger partial charge in [-0.25, -0.2) is 8.42 Å². The van der Waals surface area contributed by atoms with Crippen LogP contribution in [0, 0.1) is 13.8 Å². The number of carbonyl (C=O) groups is 1. The van der Waals surface area contributed by atoms with E-state index < -0.39 is 15.1 Å². The second-order valence-corrected chi connectivity index (χ2v) is 8.70. The van der Waals surface area contributed by atoms with Crippen LogP contribution in [0.25, 0.3) is 0 Å². The Bertz CT molecular complexity index is 555. The zero-order chi connectivity index (χ0) is 15.0. The van der Waals surface area contributed by atoms with E-state index in [0.29, 0.717) is 4.88 Å². The molecule has 108 valence electrons. The summed E-state index contributed by atoms with van der Waals surface area (Å²) >= 11 is 1.45. The van der Waals surface area contributed by atoms with Gasteiger partial charge in [-0.1, -0.05) is 0 Å². The summed E-state index contributed by atoms with van der Waals surface area (Å²) in [4.78, 5) is 15.6. The summed E-state index contributed by atoms with van der Waals surface area (Å²) in [5.41, 5.74) is 1.09. The molecule has 0 saturated heterocycles. The Balaban J connectivity index is 2.94. The van der Waals surface area contributed by atoms with Crippen molar-refractivity contribution in [1.82, 2.24) is 4.90 Å². The predicted octanol–water partition coefficient (Wildman–Crippen LogP) is 2.26. The largest absolute Gasteiger partial charge is 0.337 e. The third-order valence-corrected chi connectivity index (χ3v) is 6.55. The average Bonchev–Trinajstić information content (AvgIpc) is 2.64. The molecule has 1 aromatic heterocycles. The lowest BCUT2D eigenvalue weighted by Gasteiger charge is -2.28. The topological polar surface area (TPSA) is 54.5 Å². The van der Waals surface area contributed by atoms with Gasteiger partial charge in [0.1, 0.15) is 0 Å². The van der Waals surface area contributed by atoms with Crippen LogP contribution < -0.4 is 0 Å². The number of carbonyl (C=O) groups excluding carboxylic acids is 1. The molecular formula is C13H21NO3S2. The number of amides is 1. The second kappa shape index (κ2) is 5.63. The van der Waals surface area contributed by atoms with Gasteiger partial charge in [-0.3, -0.25) is 4.79 Å². The van der Waals surface area contributed by atoms with Gasteiger partial charge >= 0.3 is 0 Å². The number of hydrogen-bond donors (Lipinski definition) is 0. The fraction of sp³-hybridized carbons (Fsp3) is 0.615. The normalized spacial score (nSPS) is 15.1. The predicted molar refractivity (Wildman–Crippen MR) is 79.7 cm³/mol. The fourth-order valence-corrected chi connectivity index (χ4v) is 3.62. The number of rotatable bonds is 4. The SMILES string of the molecule is Cc1cc(C(=O)N(C)C(C)C(C)S(C)(=O)=O)sc1C. The van der Waals surface area contributed by atoms with Gasteiger partial charge in [0.25, 0.3) is 5.91 Å². The summed E-state index contributed by atoms with van der Waals surface area (Å²) in [7, 11) is -1.50. The van der Waals surface area contributed by atoms with Crippen LogP contribution in [0.1, 0.15) is 34.0 Å². The highest BCUT2D eigenvalue weighted by Crippen LogP contribution is 2.23. The molecule has 0 saturated carbocycles. The first-order valence-corrected chi connectivity index (χ1v) is 8.86. The molecule has 1 heterocycles. The highest BCUT2D eigenvalue weighted by atomic mass is 32.2. The molecule has 6 heteroatoms. The van der Waals surface area contributed by atoms with Gasteiger partial charge in [-0.05, 0) is 39.3 Å². The van der Waals surface area contributed by atoms with Crippen molar-refractivity contribution in [3.8, 4) is 0 Å². The van der Waals surface area contributed by atoms with Crippen molar-refractivity contribution < 1.29 is 13.2 Å². The summed E-state index contributed by atoms with van der Waals surface area (Å²) in [6.07, 6.45) is 1.20. The zero-order valence-electron chi connectivity index (χ0n) is 12.2. The number of thiophene rings is 1. The Labute approximate surface area is 119 Å². The van der Waals surface area contributed by atoms with E-state index in [-0.39, 0.29) is 11.9 Å². The van der Waals surface area contributed by atoms with Crippen LogP contribution in [0.4, 0.5) is 0 Å². The van der Waals surface area contributed by atoms with Crippen molar-refractivity contribution in [2.45, 2.75) is 39.0 Å². The summed E-state index contributed by atoms with van der Waals surface area (Å²) in [5.74, 6) is -0.121. The number of nitrogens with zero attached hydrogens (tertiary/aromatic N) is 1. The standard InChI is InChI=1S/C13H21NO3S2/c1-8-7-12(18-10(8)3)13(15)14(5)9(2)11(4)19(6,16)17/h7,9,11H,1-6H3. The Morgan fingerprint density at radius 1 is 1.32 bits per heavy atom. The van der Waals surface area contributed by atoms with Gasteiger partial charge in [0.2, 0.25) is 0 Å². The second-order valence-electron chi connectivity index (χ2n) is 5.04. The Kier molecular flexibility index (Phi) is 4.79. The van der Waals surface area contributed by atoms with Crippen LogP contribution >= 0.6 is 11.3 Å². The maximum absolute atomic E-state index is 12.3.